The number of hydrogen-bond acceptors (Lipinski definition) is 5. The van der Waals surface area contributed by atoms with Crippen LogP contribution >= 0.6 is 0 Å². The molecule has 1 aliphatic rings. The number of aliphatic hydroxyl groups is 1. The summed E-state index contributed by atoms with van der Waals surface area (Å²) in [6, 6.07) is 0.527. The van der Waals surface area contributed by atoms with Gasteiger partial charge in [-0.05, 0) is 12.5 Å². The zero-order valence-corrected chi connectivity index (χ0v) is 13.4. The third-order valence-electron chi connectivity index (χ3n) is 3.98. The minimum Gasteiger partial charge on any atom is -0.459 e. The topological polar surface area (TPSA) is 138 Å². The summed E-state index contributed by atoms with van der Waals surface area (Å²) < 4.78 is 5.16. The molecule has 0 spiro atoms. The van der Waals surface area contributed by atoms with Crippen molar-refractivity contribution in [3.63, 3.8) is 0 Å². The molecule has 0 bridgehead atoms. The number of hydrogen-bond donors (Lipinski definition) is 4. The van der Waals surface area contributed by atoms with Gasteiger partial charge in [0.2, 0.25) is 5.91 Å². The molecule has 1 aromatic heterocycles. The molecule has 0 saturated carbocycles. The predicted molar refractivity (Wildman–Crippen MR) is 84.1 cm³/mol. The van der Waals surface area contributed by atoms with Crippen LogP contribution in [0.1, 0.15) is 23.0 Å². The fraction of sp³-hybridized carbons (Fsp3) is 0.533. The Labute approximate surface area is 139 Å². The van der Waals surface area contributed by atoms with Crippen LogP contribution in [0.15, 0.2) is 16.7 Å². The Kier molecular flexibility index (Phi) is 5.80. The molecular weight excluding hydrogens is 316 g/mol. The van der Waals surface area contributed by atoms with Gasteiger partial charge in [-0.3, -0.25) is 9.59 Å². The van der Waals surface area contributed by atoms with E-state index in [-0.39, 0.29) is 43.8 Å². The molecule has 0 radical (unpaired) electrons. The lowest BCUT2D eigenvalue weighted by molar-refractivity contribution is -0.128. The fourth-order valence-corrected chi connectivity index (χ4v) is 2.42. The molecule has 1 aliphatic heterocycles. The minimum absolute atomic E-state index is 0.0797. The average molecular weight is 338 g/mol. The largest absolute Gasteiger partial charge is 0.459 e. The van der Waals surface area contributed by atoms with E-state index in [1.807, 2.05) is 6.92 Å². The minimum atomic E-state index is -0.636. The molecule has 24 heavy (non-hydrogen) atoms. The Morgan fingerprint density at radius 2 is 2.17 bits per heavy atom. The number of nitrogens with two attached hydrogens (primary N) is 1. The molecule has 0 unspecified atom stereocenters. The summed E-state index contributed by atoms with van der Waals surface area (Å²) in [5.74, 6) is -0.788. The second-order valence-electron chi connectivity index (χ2n) is 5.67. The molecule has 1 saturated heterocycles. The first-order valence-electron chi connectivity index (χ1n) is 7.76. The number of aliphatic hydroxyl groups excluding tert-OH is 1. The average Bonchev–Trinajstić information content (AvgIpc) is 2.97. The van der Waals surface area contributed by atoms with Gasteiger partial charge in [-0.15, -0.1) is 0 Å². The van der Waals surface area contributed by atoms with E-state index >= 15 is 0 Å². The zero-order chi connectivity index (χ0) is 17.7. The molecule has 2 heterocycles. The number of carbonyl (C=O) groups excluding carboxylic acids is 3. The van der Waals surface area contributed by atoms with Gasteiger partial charge >= 0.3 is 6.03 Å². The quantitative estimate of drug-likeness (QED) is 0.508. The molecular formula is C15H22N4O5. The van der Waals surface area contributed by atoms with Crippen LogP contribution in [0.25, 0.3) is 0 Å². The van der Waals surface area contributed by atoms with E-state index in [0.717, 1.165) is 5.56 Å². The number of amides is 4. The first kappa shape index (κ1) is 17.8. The SMILES string of the molecule is CCc1ccoc1C(=O)N[C@@H](CO)CNC(=O)C1CN(C(N)=O)C1. The van der Waals surface area contributed by atoms with Crippen molar-refractivity contribution >= 4 is 17.8 Å². The second kappa shape index (κ2) is 7.82. The maximum atomic E-state index is 12.1. The van der Waals surface area contributed by atoms with Gasteiger partial charge in [0.05, 0.1) is 24.8 Å². The number of aryl methyl sites for hydroxylation is 1. The van der Waals surface area contributed by atoms with Gasteiger partial charge in [0, 0.05) is 25.2 Å². The van der Waals surface area contributed by atoms with Crippen LogP contribution in [0.3, 0.4) is 0 Å². The van der Waals surface area contributed by atoms with Crippen LogP contribution < -0.4 is 16.4 Å². The van der Waals surface area contributed by atoms with Gasteiger partial charge in [0.15, 0.2) is 5.76 Å². The van der Waals surface area contributed by atoms with Crippen molar-refractivity contribution in [1.29, 1.82) is 0 Å². The maximum Gasteiger partial charge on any atom is 0.314 e. The first-order chi connectivity index (χ1) is 11.5. The molecule has 1 atom stereocenters. The van der Waals surface area contributed by atoms with E-state index in [1.165, 1.54) is 11.2 Å². The lowest BCUT2D eigenvalue weighted by atomic mass is 10.00. The number of nitrogens with zero attached hydrogens (tertiary/aromatic N) is 1. The molecule has 1 fully saturated rings. The monoisotopic (exact) mass is 338 g/mol. The van der Waals surface area contributed by atoms with Gasteiger partial charge in [-0.25, -0.2) is 4.79 Å². The normalized spacial score (nSPS) is 15.5. The Hall–Kier alpha value is -2.55. The predicted octanol–water partition coefficient (Wildman–Crippen LogP) is -0.941. The molecule has 5 N–H and O–H groups in total. The molecule has 0 aromatic carbocycles. The van der Waals surface area contributed by atoms with Crippen LogP contribution in [0, 0.1) is 5.92 Å². The lowest BCUT2D eigenvalue weighted by Gasteiger charge is -2.36. The van der Waals surface area contributed by atoms with Gasteiger partial charge in [0.25, 0.3) is 5.91 Å². The number of furan rings is 1. The van der Waals surface area contributed by atoms with Crippen LogP contribution in [0.4, 0.5) is 4.79 Å². The van der Waals surface area contributed by atoms with Crippen molar-refractivity contribution in [3.05, 3.63) is 23.7 Å². The Bertz CT molecular complexity index is 609. The smallest absolute Gasteiger partial charge is 0.314 e. The highest BCUT2D eigenvalue weighted by molar-refractivity contribution is 5.93. The van der Waals surface area contributed by atoms with Crippen LogP contribution in [0.2, 0.25) is 0 Å². The Morgan fingerprint density at radius 1 is 1.46 bits per heavy atom. The molecule has 132 valence electrons. The van der Waals surface area contributed by atoms with E-state index in [1.54, 1.807) is 6.07 Å². The van der Waals surface area contributed by atoms with Crippen LogP contribution in [-0.4, -0.2) is 60.1 Å². The van der Waals surface area contributed by atoms with Crippen molar-refractivity contribution in [2.45, 2.75) is 19.4 Å². The van der Waals surface area contributed by atoms with E-state index in [0.29, 0.717) is 6.42 Å². The standard InChI is InChI=1S/C15H22N4O5/c1-2-9-3-4-24-12(9)14(22)18-11(8-20)5-17-13(21)10-6-19(7-10)15(16)23/h3-4,10-11,20H,2,5-8H2,1H3,(H2,16,23)(H,17,21)(H,18,22)/t11-/m1/s1. The highest BCUT2D eigenvalue weighted by Gasteiger charge is 2.34. The fourth-order valence-electron chi connectivity index (χ4n) is 2.42. The number of nitrogens with one attached hydrogen (secondary N) is 2. The van der Waals surface area contributed by atoms with Crippen LogP contribution in [0.5, 0.6) is 0 Å². The van der Waals surface area contributed by atoms with Crippen molar-refractivity contribution in [2.75, 3.05) is 26.2 Å². The second-order valence-corrected chi connectivity index (χ2v) is 5.67. The summed E-state index contributed by atoms with van der Waals surface area (Å²) in [7, 11) is 0. The Morgan fingerprint density at radius 3 is 2.75 bits per heavy atom. The number of rotatable bonds is 7. The van der Waals surface area contributed by atoms with Gasteiger partial charge in [-0.1, -0.05) is 6.92 Å². The van der Waals surface area contributed by atoms with E-state index < -0.39 is 18.0 Å². The van der Waals surface area contributed by atoms with Crippen molar-refractivity contribution < 1.29 is 23.9 Å². The summed E-state index contributed by atoms with van der Waals surface area (Å²) in [5.41, 5.74) is 5.87. The molecule has 9 heteroatoms. The number of urea groups is 1. The maximum absolute atomic E-state index is 12.1. The van der Waals surface area contributed by atoms with Crippen molar-refractivity contribution in [3.8, 4) is 0 Å². The lowest BCUT2D eigenvalue weighted by Crippen LogP contribution is -2.58. The third kappa shape index (κ3) is 4.05. The highest BCUT2D eigenvalue weighted by Crippen LogP contribution is 2.14. The highest BCUT2D eigenvalue weighted by atomic mass is 16.3. The summed E-state index contributed by atoms with van der Waals surface area (Å²) in [6.07, 6.45) is 2.09. The summed E-state index contributed by atoms with van der Waals surface area (Å²) in [6.45, 7) is 2.22. The summed E-state index contributed by atoms with van der Waals surface area (Å²) in [5, 5.41) is 14.6. The Balaban J connectivity index is 1.79. The van der Waals surface area contributed by atoms with Crippen molar-refractivity contribution in [2.24, 2.45) is 11.7 Å². The molecule has 9 nitrogen and oxygen atoms in total. The molecule has 1 aromatic rings. The van der Waals surface area contributed by atoms with Crippen molar-refractivity contribution in [1.82, 2.24) is 15.5 Å². The summed E-state index contributed by atoms with van der Waals surface area (Å²) in [4.78, 5) is 36.3. The van der Waals surface area contributed by atoms with Gasteiger partial charge in [0.1, 0.15) is 0 Å². The van der Waals surface area contributed by atoms with Gasteiger partial charge in [-0.2, -0.15) is 0 Å². The zero-order valence-electron chi connectivity index (χ0n) is 13.4. The molecule has 4 amide bonds. The molecule has 0 aliphatic carbocycles. The number of primary amides is 1. The van der Waals surface area contributed by atoms with Gasteiger partial charge < -0.3 is 30.8 Å². The van der Waals surface area contributed by atoms with E-state index in [9.17, 15) is 19.5 Å². The summed E-state index contributed by atoms with van der Waals surface area (Å²) >= 11 is 0. The van der Waals surface area contributed by atoms with Crippen LogP contribution in [-0.2, 0) is 11.2 Å². The first-order valence-corrected chi connectivity index (χ1v) is 7.76. The number of carbonyl (C=O) groups is 3. The van der Waals surface area contributed by atoms with E-state index in [4.69, 9.17) is 10.2 Å². The molecule has 2 rings (SSSR count). The number of likely N-dealkylation sites (tertiary alicyclic amines) is 1. The van der Waals surface area contributed by atoms with E-state index in [2.05, 4.69) is 10.6 Å². The third-order valence-corrected chi connectivity index (χ3v) is 3.98.